The zero-order chi connectivity index (χ0) is 10.6. The van der Waals surface area contributed by atoms with Crippen molar-refractivity contribution in [2.45, 2.75) is 37.5 Å². The third-order valence-corrected chi connectivity index (χ3v) is 3.19. The molecule has 82 valence electrons. The van der Waals surface area contributed by atoms with E-state index in [9.17, 15) is 13.2 Å². The van der Waals surface area contributed by atoms with Gasteiger partial charge in [0.15, 0.2) is 5.69 Å². The Morgan fingerprint density at radius 3 is 2.80 bits per heavy atom. The van der Waals surface area contributed by atoms with Gasteiger partial charge in [0.05, 0.1) is 0 Å². The number of halogens is 3. The van der Waals surface area contributed by atoms with E-state index in [1.54, 1.807) is 0 Å². The Morgan fingerprint density at radius 2 is 2.07 bits per heavy atom. The summed E-state index contributed by atoms with van der Waals surface area (Å²) in [7, 11) is 0. The molecule has 2 unspecified atom stereocenters. The van der Waals surface area contributed by atoms with Crippen molar-refractivity contribution in [1.82, 2.24) is 15.5 Å². The molecule has 2 atom stereocenters. The van der Waals surface area contributed by atoms with Gasteiger partial charge in [0.1, 0.15) is 0 Å². The zero-order valence-electron chi connectivity index (χ0n) is 7.86. The molecular formula is C9H10F3N3. The average Bonchev–Trinajstić information content (AvgIpc) is 2.70. The van der Waals surface area contributed by atoms with E-state index in [4.69, 9.17) is 0 Å². The molecule has 15 heavy (non-hydrogen) atoms. The van der Waals surface area contributed by atoms with Gasteiger partial charge in [0.2, 0.25) is 0 Å². The molecule has 2 aliphatic heterocycles. The molecule has 0 amide bonds. The monoisotopic (exact) mass is 217 g/mol. The first-order chi connectivity index (χ1) is 7.05. The lowest BCUT2D eigenvalue weighted by Crippen LogP contribution is -2.32. The van der Waals surface area contributed by atoms with E-state index < -0.39 is 11.9 Å². The van der Waals surface area contributed by atoms with Crippen LogP contribution in [0.25, 0.3) is 0 Å². The summed E-state index contributed by atoms with van der Waals surface area (Å²) in [6, 6.07) is 0.165. The van der Waals surface area contributed by atoms with Gasteiger partial charge in [-0.15, -0.1) is 0 Å². The first-order valence-electron chi connectivity index (χ1n) is 4.96. The van der Waals surface area contributed by atoms with Crippen LogP contribution in [0.15, 0.2) is 0 Å². The Hall–Kier alpha value is -1.04. The van der Waals surface area contributed by atoms with Crippen molar-refractivity contribution in [3.8, 4) is 0 Å². The van der Waals surface area contributed by atoms with Crippen LogP contribution in [0.3, 0.4) is 0 Å². The van der Waals surface area contributed by atoms with Crippen LogP contribution in [0, 0.1) is 0 Å². The normalized spacial score (nSPS) is 29.3. The number of aromatic amines is 1. The fraction of sp³-hybridized carbons (Fsp3) is 0.667. The summed E-state index contributed by atoms with van der Waals surface area (Å²) in [6.45, 7) is 0. The Kier molecular flexibility index (Phi) is 1.69. The minimum absolute atomic E-state index is 0.158. The number of rotatable bonds is 0. The van der Waals surface area contributed by atoms with Crippen molar-refractivity contribution in [1.29, 1.82) is 0 Å². The second-order valence-corrected chi connectivity index (χ2v) is 4.16. The second-order valence-electron chi connectivity index (χ2n) is 4.16. The molecule has 2 N–H and O–H groups in total. The highest BCUT2D eigenvalue weighted by Gasteiger charge is 2.44. The van der Waals surface area contributed by atoms with Crippen molar-refractivity contribution < 1.29 is 13.2 Å². The fourth-order valence-corrected chi connectivity index (χ4v) is 2.59. The number of nitrogens with zero attached hydrogens (tertiary/aromatic N) is 1. The highest BCUT2D eigenvalue weighted by Crippen LogP contribution is 2.41. The zero-order valence-corrected chi connectivity index (χ0v) is 7.86. The molecular weight excluding hydrogens is 207 g/mol. The summed E-state index contributed by atoms with van der Waals surface area (Å²) < 4.78 is 37.9. The van der Waals surface area contributed by atoms with Crippen LogP contribution in [0.5, 0.6) is 0 Å². The van der Waals surface area contributed by atoms with E-state index in [-0.39, 0.29) is 6.04 Å². The van der Waals surface area contributed by atoms with E-state index >= 15 is 0 Å². The van der Waals surface area contributed by atoms with Gasteiger partial charge in [-0.25, -0.2) is 0 Å². The molecule has 3 nitrogen and oxygen atoms in total. The Labute approximate surface area is 84.1 Å². The van der Waals surface area contributed by atoms with E-state index in [0.29, 0.717) is 23.7 Å². The van der Waals surface area contributed by atoms with Gasteiger partial charge >= 0.3 is 6.18 Å². The molecule has 2 aliphatic rings. The molecule has 1 fully saturated rings. The van der Waals surface area contributed by atoms with Gasteiger partial charge in [-0.2, -0.15) is 18.3 Å². The highest BCUT2D eigenvalue weighted by atomic mass is 19.4. The number of H-pyrrole nitrogens is 1. The number of fused-ring (bicyclic) bond motifs is 4. The van der Waals surface area contributed by atoms with Crippen molar-refractivity contribution in [3.05, 3.63) is 17.0 Å². The Balaban J connectivity index is 2.10. The molecule has 2 bridgehead atoms. The number of hydrogen-bond donors (Lipinski definition) is 2. The van der Waals surface area contributed by atoms with Crippen LogP contribution >= 0.6 is 0 Å². The molecule has 1 aromatic rings. The van der Waals surface area contributed by atoms with E-state index in [0.717, 1.165) is 12.8 Å². The maximum Gasteiger partial charge on any atom is 0.435 e. The van der Waals surface area contributed by atoms with E-state index in [1.165, 1.54) is 0 Å². The van der Waals surface area contributed by atoms with Gasteiger partial charge in [-0.3, -0.25) is 5.10 Å². The molecule has 6 heteroatoms. The highest BCUT2D eigenvalue weighted by molar-refractivity contribution is 5.35. The largest absolute Gasteiger partial charge is 0.435 e. The van der Waals surface area contributed by atoms with Crippen molar-refractivity contribution >= 4 is 0 Å². The van der Waals surface area contributed by atoms with Gasteiger partial charge in [0, 0.05) is 29.8 Å². The quantitative estimate of drug-likeness (QED) is 0.695. The molecule has 0 radical (unpaired) electrons. The Morgan fingerprint density at radius 1 is 1.27 bits per heavy atom. The molecule has 0 aliphatic carbocycles. The van der Waals surface area contributed by atoms with Gasteiger partial charge in [-0.1, -0.05) is 0 Å². The Bertz CT molecular complexity index is 396. The molecule has 3 rings (SSSR count). The second kappa shape index (κ2) is 2.75. The van der Waals surface area contributed by atoms with Crippen molar-refractivity contribution in [2.24, 2.45) is 0 Å². The number of aromatic nitrogens is 2. The average molecular weight is 217 g/mol. The minimum atomic E-state index is -4.35. The first-order valence-corrected chi connectivity index (χ1v) is 4.96. The lowest BCUT2D eigenvalue weighted by molar-refractivity contribution is -0.142. The van der Waals surface area contributed by atoms with Crippen molar-refractivity contribution in [2.75, 3.05) is 0 Å². The number of alkyl halides is 3. The topological polar surface area (TPSA) is 40.7 Å². The van der Waals surface area contributed by atoms with Crippen molar-refractivity contribution in [3.63, 3.8) is 0 Å². The van der Waals surface area contributed by atoms with E-state index in [2.05, 4.69) is 15.5 Å². The summed E-state index contributed by atoms with van der Waals surface area (Å²) in [4.78, 5) is 0. The summed E-state index contributed by atoms with van der Waals surface area (Å²) in [6.07, 6.45) is -1.99. The fourth-order valence-electron chi connectivity index (χ4n) is 2.59. The molecule has 1 saturated heterocycles. The first kappa shape index (κ1) is 9.21. The maximum atomic E-state index is 12.6. The SMILES string of the molecule is FC(F)(F)c1n[nH]c2c1C1CCC(C2)N1. The predicted molar refractivity (Wildman–Crippen MR) is 46.2 cm³/mol. The minimum Gasteiger partial charge on any atom is -0.307 e. The number of hydrogen-bond acceptors (Lipinski definition) is 2. The summed E-state index contributed by atoms with van der Waals surface area (Å²) in [5, 5.41) is 9.11. The molecule has 1 aromatic heterocycles. The van der Waals surface area contributed by atoms with E-state index in [1.807, 2.05) is 0 Å². The lowest BCUT2D eigenvalue weighted by atomic mass is 10.00. The van der Waals surface area contributed by atoms with Crippen LogP contribution in [-0.2, 0) is 12.6 Å². The smallest absolute Gasteiger partial charge is 0.307 e. The van der Waals surface area contributed by atoms with Crippen LogP contribution in [0.1, 0.15) is 35.8 Å². The van der Waals surface area contributed by atoms with Gasteiger partial charge < -0.3 is 5.32 Å². The molecule has 0 spiro atoms. The van der Waals surface area contributed by atoms with Crippen LogP contribution < -0.4 is 5.32 Å². The molecule has 0 saturated carbocycles. The lowest BCUT2D eigenvalue weighted by Gasteiger charge is -2.22. The van der Waals surface area contributed by atoms with Crippen LogP contribution in [0.4, 0.5) is 13.2 Å². The molecule has 3 heterocycles. The van der Waals surface area contributed by atoms with Crippen LogP contribution in [0.2, 0.25) is 0 Å². The molecule has 0 aromatic carbocycles. The van der Waals surface area contributed by atoms with Crippen LogP contribution in [-0.4, -0.2) is 16.2 Å². The number of nitrogens with one attached hydrogen (secondary N) is 2. The summed E-state index contributed by atoms with van der Waals surface area (Å²) >= 11 is 0. The van der Waals surface area contributed by atoms with Gasteiger partial charge in [-0.05, 0) is 12.8 Å². The standard InChI is InChI=1S/C9H10F3N3/c10-9(11,12)8-7-5-2-1-4(13-5)3-6(7)14-15-8/h4-5,13H,1-3H2,(H,14,15). The summed E-state index contributed by atoms with van der Waals surface area (Å²) in [5.74, 6) is 0. The summed E-state index contributed by atoms with van der Waals surface area (Å²) in [5.41, 5.74) is 0.264. The third kappa shape index (κ3) is 1.27. The predicted octanol–water partition coefficient (Wildman–Crippen LogP) is 1.78. The van der Waals surface area contributed by atoms with Gasteiger partial charge in [0.25, 0.3) is 0 Å². The third-order valence-electron chi connectivity index (χ3n) is 3.19. The maximum absolute atomic E-state index is 12.6.